The molecule has 11 heavy (non-hydrogen) atoms. The van der Waals surface area contributed by atoms with Gasteiger partial charge in [-0.05, 0) is 19.1 Å². The smallest absolute Gasteiger partial charge is 0.336 e. The summed E-state index contributed by atoms with van der Waals surface area (Å²) in [4.78, 5) is 11.8. The van der Waals surface area contributed by atoms with E-state index in [9.17, 15) is 4.79 Å². The first-order valence-electron chi connectivity index (χ1n) is 3.13. The molecule has 0 amide bonds. The van der Waals surface area contributed by atoms with Crippen LogP contribution in [0.3, 0.4) is 0 Å². The predicted molar refractivity (Wildman–Crippen MR) is 44.9 cm³/mol. The van der Waals surface area contributed by atoms with Crippen LogP contribution in [0.15, 0.2) is 24.8 Å². The fourth-order valence-corrected chi connectivity index (χ4v) is 1.32. The van der Waals surface area contributed by atoms with Crippen molar-refractivity contribution in [3.05, 3.63) is 29.7 Å². The van der Waals surface area contributed by atoms with Crippen molar-refractivity contribution in [1.29, 1.82) is 0 Å². The van der Waals surface area contributed by atoms with Crippen molar-refractivity contribution < 1.29 is 9.53 Å². The number of aryl methyl sites for hydroxylation is 1. The van der Waals surface area contributed by atoms with Crippen LogP contribution in [0.25, 0.3) is 0 Å². The summed E-state index contributed by atoms with van der Waals surface area (Å²) in [5.74, 6) is -0.410. The summed E-state index contributed by atoms with van der Waals surface area (Å²) >= 11 is 1.44. The maximum atomic E-state index is 10.7. The highest BCUT2D eigenvalue weighted by molar-refractivity contribution is 7.13. The molecular formula is C8H8O2S. The molecule has 0 aliphatic carbocycles. The summed E-state index contributed by atoms with van der Waals surface area (Å²) in [5.41, 5.74) is 0. The van der Waals surface area contributed by atoms with E-state index < -0.39 is 5.97 Å². The van der Waals surface area contributed by atoms with Crippen molar-refractivity contribution in [3.63, 3.8) is 0 Å². The molecule has 0 radical (unpaired) electrons. The molecule has 0 fully saturated rings. The summed E-state index contributed by atoms with van der Waals surface area (Å²) in [5, 5.41) is 0.618. The Balaban J connectivity index is 2.64. The Bertz CT molecular complexity index is 275. The van der Waals surface area contributed by atoms with Crippen LogP contribution >= 0.6 is 11.3 Å². The zero-order chi connectivity index (χ0) is 8.27. The number of carbonyl (C=O) groups excluding carboxylic acids is 1. The SMILES string of the molecule is C=CC(=O)Oc1ccc(C)s1. The maximum absolute atomic E-state index is 10.7. The van der Waals surface area contributed by atoms with Crippen LogP contribution in [0.4, 0.5) is 0 Å². The molecule has 0 aliphatic heterocycles. The number of hydrogen-bond acceptors (Lipinski definition) is 3. The normalized spacial score (nSPS) is 9.18. The molecule has 0 aliphatic rings. The number of thiophene rings is 1. The molecule has 0 bridgehead atoms. The number of hydrogen-bond donors (Lipinski definition) is 0. The molecule has 2 nitrogen and oxygen atoms in total. The van der Waals surface area contributed by atoms with Gasteiger partial charge in [0.05, 0.1) is 0 Å². The van der Waals surface area contributed by atoms with E-state index in [1.165, 1.54) is 11.3 Å². The maximum Gasteiger partial charge on any atom is 0.336 e. The molecule has 0 saturated carbocycles. The molecule has 1 heterocycles. The molecular weight excluding hydrogens is 160 g/mol. The van der Waals surface area contributed by atoms with E-state index in [-0.39, 0.29) is 0 Å². The first-order chi connectivity index (χ1) is 5.22. The number of rotatable bonds is 2. The second-order valence-electron chi connectivity index (χ2n) is 1.99. The second kappa shape index (κ2) is 3.34. The van der Waals surface area contributed by atoms with Gasteiger partial charge in [-0.3, -0.25) is 0 Å². The highest BCUT2D eigenvalue weighted by Gasteiger charge is 2.00. The Labute approximate surface area is 69.1 Å². The van der Waals surface area contributed by atoms with E-state index in [4.69, 9.17) is 4.74 Å². The Morgan fingerprint density at radius 3 is 2.91 bits per heavy atom. The highest BCUT2D eigenvalue weighted by atomic mass is 32.1. The average molecular weight is 168 g/mol. The molecule has 0 unspecified atom stereocenters. The highest BCUT2D eigenvalue weighted by Crippen LogP contribution is 2.23. The Morgan fingerprint density at radius 2 is 2.45 bits per heavy atom. The van der Waals surface area contributed by atoms with Gasteiger partial charge in [-0.15, -0.1) is 11.3 Å². The average Bonchev–Trinajstić information content (AvgIpc) is 2.35. The van der Waals surface area contributed by atoms with Gasteiger partial charge in [0.25, 0.3) is 0 Å². The van der Waals surface area contributed by atoms with Crippen molar-refractivity contribution in [1.82, 2.24) is 0 Å². The van der Waals surface area contributed by atoms with Gasteiger partial charge in [0.1, 0.15) is 0 Å². The van der Waals surface area contributed by atoms with Crippen LogP contribution in [0, 0.1) is 6.92 Å². The quantitative estimate of drug-likeness (QED) is 0.499. The Morgan fingerprint density at radius 1 is 1.73 bits per heavy atom. The summed E-state index contributed by atoms with van der Waals surface area (Å²) in [7, 11) is 0. The van der Waals surface area contributed by atoms with Crippen LogP contribution in [0.1, 0.15) is 4.88 Å². The molecule has 1 rings (SSSR count). The van der Waals surface area contributed by atoms with Gasteiger partial charge in [-0.1, -0.05) is 6.58 Å². The van der Waals surface area contributed by atoms with E-state index in [1.807, 2.05) is 13.0 Å². The van der Waals surface area contributed by atoms with E-state index >= 15 is 0 Å². The zero-order valence-electron chi connectivity index (χ0n) is 6.16. The Kier molecular flexibility index (Phi) is 2.44. The number of ether oxygens (including phenoxy) is 1. The molecule has 0 aromatic carbocycles. The summed E-state index contributed by atoms with van der Waals surface area (Å²) in [6, 6.07) is 3.66. The van der Waals surface area contributed by atoms with Gasteiger partial charge >= 0.3 is 5.97 Å². The predicted octanol–water partition coefficient (Wildman–Crippen LogP) is 2.15. The number of esters is 1. The molecule has 0 atom stereocenters. The first-order valence-corrected chi connectivity index (χ1v) is 3.94. The van der Waals surface area contributed by atoms with Crippen LogP contribution < -0.4 is 4.74 Å². The van der Waals surface area contributed by atoms with Gasteiger partial charge in [0, 0.05) is 11.0 Å². The lowest BCUT2D eigenvalue weighted by molar-refractivity contribution is -0.128. The van der Waals surface area contributed by atoms with Crippen molar-refractivity contribution in [3.8, 4) is 5.06 Å². The van der Waals surface area contributed by atoms with Gasteiger partial charge < -0.3 is 4.74 Å². The summed E-state index contributed by atoms with van der Waals surface area (Å²) in [6.07, 6.45) is 1.15. The van der Waals surface area contributed by atoms with E-state index in [0.717, 1.165) is 11.0 Å². The Hall–Kier alpha value is -1.09. The third-order valence-corrected chi connectivity index (χ3v) is 1.96. The minimum Gasteiger partial charge on any atom is -0.412 e. The lowest BCUT2D eigenvalue weighted by atomic mass is 10.5. The molecule has 0 spiro atoms. The van der Waals surface area contributed by atoms with Gasteiger partial charge in [-0.25, -0.2) is 4.79 Å². The standard InChI is InChI=1S/C8H8O2S/c1-3-7(9)10-8-5-4-6(2)11-8/h3-5H,1H2,2H3. The van der Waals surface area contributed by atoms with Crippen LogP contribution in [-0.4, -0.2) is 5.97 Å². The fourth-order valence-electron chi connectivity index (χ4n) is 0.608. The number of carbonyl (C=O) groups is 1. The van der Waals surface area contributed by atoms with Crippen LogP contribution in [0.5, 0.6) is 5.06 Å². The van der Waals surface area contributed by atoms with Crippen LogP contribution in [0.2, 0.25) is 0 Å². The topological polar surface area (TPSA) is 26.3 Å². The fraction of sp³-hybridized carbons (Fsp3) is 0.125. The zero-order valence-corrected chi connectivity index (χ0v) is 6.98. The third-order valence-electron chi connectivity index (χ3n) is 1.08. The minimum absolute atomic E-state index is 0.410. The lowest BCUT2D eigenvalue weighted by Crippen LogP contribution is -2.00. The summed E-state index contributed by atoms with van der Waals surface area (Å²) in [6.45, 7) is 5.25. The van der Waals surface area contributed by atoms with Crippen molar-refractivity contribution in [2.45, 2.75) is 6.92 Å². The summed E-state index contributed by atoms with van der Waals surface area (Å²) < 4.78 is 4.85. The molecule has 3 heteroatoms. The van der Waals surface area contributed by atoms with Gasteiger partial charge in [-0.2, -0.15) is 0 Å². The van der Waals surface area contributed by atoms with E-state index in [0.29, 0.717) is 5.06 Å². The van der Waals surface area contributed by atoms with E-state index in [1.54, 1.807) is 6.07 Å². The minimum atomic E-state index is -0.410. The monoisotopic (exact) mass is 168 g/mol. The molecule has 0 N–H and O–H groups in total. The van der Waals surface area contributed by atoms with E-state index in [2.05, 4.69) is 6.58 Å². The van der Waals surface area contributed by atoms with Crippen molar-refractivity contribution in [2.75, 3.05) is 0 Å². The molecule has 0 saturated heterocycles. The molecule has 1 aromatic heterocycles. The lowest BCUT2D eigenvalue weighted by Gasteiger charge is -1.93. The second-order valence-corrected chi connectivity index (χ2v) is 3.24. The largest absolute Gasteiger partial charge is 0.412 e. The van der Waals surface area contributed by atoms with Crippen molar-refractivity contribution >= 4 is 17.3 Å². The third kappa shape index (κ3) is 2.20. The van der Waals surface area contributed by atoms with Crippen molar-refractivity contribution in [2.24, 2.45) is 0 Å². The molecule has 1 aromatic rings. The van der Waals surface area contributed by atoms with Gasteiger partial charge in [0.2, 0.25) is 0 Å². The first kappa shape index (κ1) is 8.01. The van der Waals surface area contributed by atoms with Gasteiger partial charge in [0.15, 0.2) is 5.06 Å². The van der Waals surface area contributed by atoms with Crippen LogP contribution in [-0.2, 0) is 4.79 Å². The molecule has 58 valence electrons.